The molecule has 3 aliphatic rings. The summed E-state index contributed by atoms with van der Waals surface area (Å²) in [6.07, 6.45) is 2.53. The third-order valence-electron chi connectivity index (χ3n) is 3.95. The molecule has 0 aromatic carbocycles. The van der Waals surface area contributed by atoms with Crippen molar-refractivity contribution in [2.75, 3.05) is 13.2 Å². The van der Waals surface area contributed by atoms with E-state index in [0.717, 1.165) is 25.0 Å². The van der Waals surface area contributed by atoms with Crippen molar-refractivity contribution in [3.63, 3.8) is 0 Å². The van der Waals surface area contributed by atoms with Crippen molar-refractivity contribution in [1.29, 1.82) is 0 Å². The normalized spacial score (nSPS) is 46.9. The van der Waals surface area contributed by atoms with Crippen LogP contribution in [0.1, 0.15) is 19.8 Å². The van der Waals surface area contributed by atoms with Crippen LogP contribution in [-0.2, 0) is 9.53 Å². The van der Waals surface area contributed by atoms with Gasteiger partial charge in [0.1, 0.15) is 5.78 Å². The van der Waals surface area contributed by atoms with Gasteiger partial charge in [-0.15, -0.1) is 0 Å². The number of carbonyl (C=O) groups excluding carboxylic acids is 1. The number of Topliss-reactive ketones (excluding diaryl/α,β-unsaturated/α-hetero) is 1. The fraction of sp³-hybridized carbons (Fsp3) is 0.900. The van der Waals surface area contributed by atoms with Crippen LogP contribution in [-0.4, -0.2) is 19.0 Å². The maximum absolute atomic E-state index is 11.1. The first-order valence-corrected chi connectivity index (χ1v) is 4.80. The first-order chi connectivity index (χ1) is 5.72. The first kappa shape index (κ1) is 7.07. The zero-order chi connectivity index (χ0) is 8.34. The molecule has 2 nitrogen and oxygen atoms in total. The van der Waals surface area contributed by atoms with Gasteiger partial charge in [-0.3, -0.25) is 4.79 Å². The van der Waals surface area contributed by atoms with E-state index in [4.69, 9.17) is 4.74 Å². The Morgan fingerprint density at radius 3 is 2.25 bits per heavy atom. The monoisotopic (exact) mass is 166 g/mol. The molecule has 3 fully saturated rings. The SMILES string of the molecule is CC(=O)C1C2CC3(COC3)CC21. The number of carbonyl (C=O) groups is 1. The molecule has 2 atom stereocenters. The summed E-state index contributed by atoms with van der Waals surface area (Å²) in [7, 11) is 0. The third-order valence-corrected chi connectivity index (χ3v) is 3.95. The van der Waals surface area contributed by atoms with Crippen LogP contribution < -0.4 is 0 Å². The molecule has 0 amide bonds. The van der Waals surface area contributed by atoms with Crippen LogP contribution in [0.15, 0.2) is 0 Å². The summed E-state index contributed by atoms with van der Waals surface area (Å²) in [6, 6.07) is 0. The molecular weight excluding hydrogens is 152 g/mol. The van der Waals surface area contributed by atoms with Crippen molar-refractivity contribution < 1.29 is 9.53 Å². The van der Waals surface area contributed by atoms with Crippen molar-refractivity contribution in [2.24, 2.45) is 23.2 Å². The molecule has 3 rings (SSSR count). The molecule has 2 heteroatoms. The van der Waals surface area contributed by atoms with Gasteiger partial charge in [-0.1, -0.05) is 0 Å². The third kappa shape index (κ3) is 0.717. The molecule has 0 aromatic heterocycles. The lowest BCUT2D eigenvalue weighted by Crippen LogP contribution is -2.41. The van der Waals surface area contributed by atoms with Crippen LogP contribution in [0.25, 0.3) is 0 Å². The van der Waals surface area contributed by atoms with E-state index in [0.29, 0.717) is 17.1 Å². The van der Waals surface area contributed by atoms with Gasteiger partial charge in [0.15, 0.2) is 0 Å². The maximum Gasteiger partial charge on any atom is 0.133 e. The predicted octanol–water partition coefficient (Wildman–Crippen LogP) is 1.25. The van der Waals surface area contributed by atoms with E-state index in [1.807, 2.05) is 0 Å². The highest BCUT2D eigenvalue weighted by Gasteiger charge is 2.64. The van der Waals surface area contributed by atoms with E-state index in [-0.39, 0.29) is 0 Å². The Kier molecular flexibility index (Phi) is 1.13. The number of ether oxygens (including phenoxy) is 1. The highest BCUT2D eigenvalue weighted by atomic mass is 16.5. The molecule has 12 heavy (non-hydrogen) atoms. The molecule has 1 spiro atoms. The Labute approximate surface area is 72.3 Å². The van der Waals surface area contributed by atoms with E-state index >= 15 is 0 Å². The number of hydrogen-bond donors (Lipinski definition) is 0. The van der Waals surface area contributed by atoms with E-state index < -0.39 is 0 Å². The number of rotatable bonds is 1. The largest absolute Gasteiger partial charge is 0.380 e. The molecule has 66 valence electrons. The molecule has 1 saturated heterocycles. The maximum atomic E-state index is 11.1. The van der Waals surface area contributed by atoms with Crippen molar-refractivity contribution in [1.82, 2.24) is 0 Å². The Balaban J connectivity index is 1.69. The van der Waals surface area contributed by atoms with Crippen LogP contribution in [0.3, 0.4) is 0 Å². The molecule has 2 saturated carbocycles. The van der Waals surface area contributed by atoms with Gasteiger partial charge < -0.3 is 4.74 Å². The Bertz CT molecular complexity index is 228. The second kappa shape index (κ2) is 1.92. The smallest absolute Gasteiger partial charge is 0.133 e. The lowest BCUT2D eigenvalue weighted by Gasteiger charge is -2.39. The molecule has 1 heterocycles. The summed E-state index contributed by atoms with van der Waals surface area (Å²) in [5.74, 6) is 2.34. The lowest BCUT2D eigenvalue weighted by atomic mass is 9.79. The van der Waals surface area contributed by atoms with Gasteiger partial charge >= 0.3 is 0 Å². The standard InChI is InChI=1S/C10H14O2/c1-6(11)9-7-2-10(3-8(7)9)4-12-5-10/h7-9H,2-5H2,1H3. The molecule has 0 N–H and O–H groups in total. The molecular formula is C10H14O2. The van der Waals surface area contributed by atoms with Gasteiger partial charge in [-0.25, -0.2) is 0 Å². The highest BCUT2D eigenvalue weighted by Crippen LogP contribution is 2.66. The molecule has 0 radical (unpaired) electrons. The number of ketones is 1. The van der Waals surface area contributed by atoms with Crippen LogP contribution >= 0.6 is 0 Å². The highest BCUT2D eigenvalue weighted by molar-refractivity contribution is 5.82. The quantitative estimate of drug-likeness (QED) is 0.586. The van der Waals surface area contributed by atoms with Crippen molar-refractivity contribution in [3.05, 3.63) is 0 Å². The summed E-state index contributed by atoms with van der Waals surface area (Å²) >= 11 is 0. The fourth-order valence-electron chi connectivity index (χ4n) is 3.31. The summed E-state index contributed by atoms with van der Waals surface area (Å²) in [6.45, 7) is 3.67. The molecule has 1 aliphatic heterocycles. The van der Waals surface area contributed by atoms with Crippen LogP contribution in [0.4, 0.5) is 0 Å². The Morgan fingerprint density at radius 2 is 1.92 bits per heavy atom. The van der Waals surface area contributed by atoms with Crippen molar-refractivity contribution >= 4 is 5.78 Å². The van der Waals surface area contributed by atoms with Crippen LogP contribution in [0.2, 0.25) is 0 Å². The number of hydrogen-bond acceptors (Lipinski definition) is 2. The topological polar surface area (TPSA) is 26.3 Å². The summed E-state index contributed by atoms with van der Waals surface area (Å²) in [5.41, 5.74) is 0.529. The van der Waals surface area contributed by atoms with E-state index in [1.54, 1.807) is 6.92 Å². The zero-order valence-corrected chi connectivity index (χ0v) is 7.38. The summed E-state index contributed by atoms with van der Waals surface area (Å²) in [4.78, 5) is 11.1. The Hall–Kier alpha value is -0.370. The first-order valence-electron chi connectivity index (χ1n) is 4.80. The number of fused-ring (bicyclic) bond motifs is 1. The van der Waals surface area contributed by atoms with Crippen LogP contribution in [0.5, 0.6) is 0 Å². The second-order valence-electron chi connectivity index (χ2n) is 4.87. The average molecular weight is 166 g/mol. The minimum absolute atomic E-state index is 0.417. The van der Waals surface area contributed by atoms with Gasteiger partial charge in [-0.2, -0.15) is 0 Å². The average Bonchev–Trinajstić information content (AvgIpc) is 2.46. The van der Waals surface area contributed by atoms with Crippen LogP contribution in [0, 0.1) is 23.2 Å². The van der Waals surface area contributed by atoms with Gasteiger partial charge in [-0.05, 0) is 31.6 Å². The lowest BCUT2D eigenvalue weighted by molar-refractivity contribution is -0.126. The zero-order valence-electron chi connectivity index (χ0n) is 7.38. The predicted molar refractivity (Wildman–Crippen MR) is 43.6 cm³/mol. The van der Waals surface area contributed by atoms with Crippen molar-refractivity contribution in [2.45, 2.75) is 19.8 Å². The minimum Gasteiger partial charge on any atom is -0.380 e. The van der Waals surface area contributed by atoms with E-state index in [9.17, 15) is 4.79 Å². The van der Waals surface area contributed by atoms with Gasteiger partial charge in [0.2, 0.25) is 0 Å². The minimum atomic E-state index is 0.417. The van der Waals surface area contributed by atoms with Gasteiger partial charge in [0.05, 0.1) is 13.2 Å². The Morgan fingerprint density at radius 1 is 1.33 bits per heavy atom. The second-order valence-corrected chi connectivity index (χ2v) is 4.87. The molecule has 0 bridgehead atoms. The van der Waals surface area contributed by atoms with E-state index in [1.165, 1.54) is 12.8 Å². The van der Waals surface area contributed by atoms with Gasteiger partial charge in [0.25, 0.3) is 0 Å². The summed E-state index contributed by atoms with van der Waals surface area (Å²) in [5, 5.41) is 0. The fourth-order valence-corrected chi connectivity index (χ4v) is 3.31. The van der Waals surface area contributed by atoms with Gasteiger partial charge in [0, 0.05) is 11.3 Å². The van der Waals surface area contributed by atoms with Crippen molar-refractivity contribution in [3.8, 4) is 0 Å². The summed E-state index contributed by atoms with van der Waals surface area (Å²) < 4.78 is 5.24. The molecule has 0 aromatic rings. The van der Waals surface area contributed by atoms with E-state index in [2.05, 4.69) is 0 Å². The molecule has 2 aliphatic carbocycles. The molecule has 2 unspecified atom stereocenters.